The molecule has 0 bridgehead atoms. The molecular weight excluding hydrogens is 234 g/mol. The predicted octanol–water partition coefficient (Wildman–Crippen LogP) is 3.25. The van der Waals surface area contributed by atoms with Gasteiger partial charge in [-0.2, -0.15) is 0 Å². The van der Waals surface area contributed by atoms with Crippen LogP contribution in [0.5, 0.6) is 5.75 Å². The zero-order valence-corrected chi connectivity index (χ0v) is 11.6. The Kier molecular flexibility index (Phi) is 5.35. The number of benzene rings is 1. The highest BCUT2D eigenvalue weighted by Crippen LogP contribution is 2.30. The molecule has 1 N–H and O–H groups in total. The maximum absolute atomic E-state index is 11.2. The number of aryl methyl sites for hydroxylation is 2. The molecule has 0 radical (unpaired) electrons. The molecule has 0 atom stereocenters. The van der Waals surface area contributed by atoms with Crippen molar-refractivity contribution in [2.45, 2.75) is 31.6 Å². The molecule has 0 spiro atoms. The van der Waals surface area contributed by atoms with Crippen molar-refractivity contribution in [2.75, 3.05) is 13.3 Å². The number of nitrogens with one attached hydrogen (secondary N) is 1. The number of amides is 1. The summed E-state index contributed by atoms with van der Waals surface area (Å²) in [5.41, 5.74) is 2.46. The van der Waals surface area contributed by atoms with Crippen molar-refractivity contribution in [1.29, 1.82) is 0 Å². The molecule has 0 saturated carbocycles. The number of thioether (sulfide) groups is 1. The van der Waals surface area contributed by atoms with E-state index in [4.69, 9.17) is 4.74 Å². The van der Waals surface area contributed by atoms with Crippen molar-refractivity contribution in [1.82, 2.24) is 5.32 Å². The topological polar surface area (TPSA) is 38.3 Å². The summed E-state index contributed by atoms with van der Waals surface area (Å²) in [5, 5.41) is 2.45. The first-order chi connectivity index (χ1) is 8.15. The molecule has 3 nitrogen and oxygen atoms in total. The average molecular weight is 253 g/mol. The normalized spacial score (nSPS) is 10.1. The lowest BCUT2D eigenvalue weighted by Gasteiger charge is -2.13. The summed E-state index contributed by atoms with van der Waals surface area (Å²) in [5.74, 6) is 0.621. The van der Waals surface area contributed by atoms with Crippen LogP contribution < -0.4 is 10.1 Å². The molecule has 1 amide bonds. The summed E-state index contributed by atoms with van der Waals surface area (Å²) in [6.45, 7) is 4.22. The van der Waals surface area contributed by atoms with Gasteiger partial charge in [0.05, 0.1) is 0 Å². The van der Waals surface area contributed by atoms with E-state index in [2.05, 4.69) is 25.4 Å². The molecule has 1 aromatic carbocycles. The Hall–Kier alpha value is -1.16. The van der Waals surface area contributed by atoms with Crippen LogP contribution in [0.2, 0.25) is 0 Å². The minimum absolute atomic E-state index is 0.425. The molecule has 17 heavy (non-hydrogen) atoms. The van der Waals surface area contributed by atoms with E-state index in [0.717, 1.165) is 12.8 Å². The van der Waals surface area contributed by atoms with Crippen LogP contribution in [-0.2, 0) is 12.8 Å². The maximum Gasteiger partial charge on any atom is 0.412 e. The number of carbonyl (C=O) groups is 1. The summed E-state index contributed by atoms with van der Waals surface area (Å²) in [7, 11) is 1.56. The molecule has 0 fully saturated rings. The van der Waals surface area contributed by atoms with Gasteiger partial charge in [-0.05, 0) is 42.4 Å². The van der Waals surface area contributed by atoms with Crippen LogP contribution in [0.15, 0.2) is 17.0 Å². The van der Waals surface area contributed by atoms with Crippen LogP contribution in [-0.4, -0.2) is 19.4 Å². The third-order valence-corrected chi connectivity index (χ3v) is 3.53. The van der Waals surface area contributed by atoms with E-state index in [9.17, 15) is 4.79 Å². The Morgan fingerprint density at radius 3 is 2.18 bits per heavy atom. The van der Waals surface area contributed by atoms with Gasteiger partial charge < -0.3 is 10.1 Å². The molecular formula is C13H19NO2S. The lowest BCUT2D eigenvalue weighted by Crippen LogP contribution is -2.22. The minimum atomic E-state index is -0.425. The predicted molar refractivity (Wildman–Crippen MR) is 72.1 cm³/mol. The van der Waals surface area contributed by atoms with Gasteiger partial charge in [0.1, 0.15) is 5.75 Å². The zero-order chi connectivity index (χ0) is 12.8. The quantitative estimate of drug-likeness (QED) is 0.837. The van der Waals surface area contributed by atoms with Crippen molar-refractivity contribution >= 4 is 17.9 Å². The van der Waals surface area contributed by atoms with Gasteiger partial charge in [-0.3, -0.25) is 0 Å². The number of ether oxygens (including phenoxy) is 1. The molecule has 0 heterocycles. The van der Waals surface area contributed by atoms with Crippen LogP contribution in [0, 0.1) is 0 Å². The van der Waals surface area contributed by atoms with Crippen molar-refractivity contribution < 1.29 is 9.53 Å². The van der Waals surface area contributed by atoms with Gasteiger partial charge in [0.15, 0.2) is 0 Å². The molecule has 1 rings (SSSR count). The van der Waals surface area contributed by atoms with Crippen LogP contribution >= 0.6 is 11.8 Å². The van der Waals surface area contributed by atoms with E-state index >= 15 is 0 Å². The molecule has 0 saturated heterocycles. The third-order valence-electron chi connectivity index (χ3n) is 2.60. The third kappa shape index (κ3) is 3.40. The SMILES string of the molecule is CCc1cc(OC(=O)NC)cc(CC)c1SC. The van der Waals surface area contributed by atoms with Gasteiger partial charge >= 0.3 is 6.09 Å². The molecule has 4 heteroatoms. The smallest absolute Gasteiger partial charge is 0.410 e. The number of hydrogen-bond acceptors (Lipinski definition) is 3. The molecule has 0 aliphatic carbocycles. The maximum atomic E-state index is 11.2. The van der Waals surface area contributed by atoms with E-state index in [0.29, 0.717) is 5.75 Å². The van der Waals surface area contributed by atoms with Gasteiger partial charge in [-0.1, -0.05) is 13.8 Å². The second-order valence-corrected chi connectivity index (χ2v) is 4.44. The van der Waals surface area contributed by atoms with Crippen molar-refractivity contribution in [3.8, 4) is 5.75 Å². The van der Waals surface area contributed by atoms with Crippen LogP contribution in [0.3, 0.4) is 0 Å². The van der Waals surface area contributed by atoms with E-state index in [-0.39, 0.29) is 0 Å². The molecule has 1 aromatic rings. The van der Waals surface area contributed by atoms with Gasteiger partial charge in [0.2, 0.25) is 0 Å². The van der Waals surface area contributed by atoms with Gasteiger partial charge in [0, 0.05) is 11.9 Å². The molecule has 0 aromatic heterocycles. The van der Waals surface area contributed by atoms with Crippen molar-refractivity contribution in [3.05, 3.63) is 23.3 Å². The van der Waals surface area contributed by atoms with E-state index < -0.39 is 6.09 Å². The number of carbonyl (C=O) groups excluding carboxylic acids is 1. The largest absolute Gasteiger partial charge is 0.412 e. The summed E-state index contributed by atoms with van der Waals surface area (Å²) < 4.78 is 5.19. The first-order valence-corrected chi connectivity index (χ1v) is 6.98. The first-order valence-electron chi connectivity index (χ1n) is 5.75. The first kappa shape index (κ1) is 13.9. The fourth-order valence-corrected chi connectivity index (χ4v) is 2.66. The highest BCUT2D eigenvalue weighted by Gasteiger charge is 2.10. The number of rotatable bonds is 4. The average Bonchev–Trinajstić information content (AvgIpc) is 2.37. The second-order valence-electron chi connectivity index (χ2n) is 3.62. The monoisotopic (exact) mass is 253 g/mol. The van der Waals surface area contributed by atoms with Crippen LogP contribution in [0.4, 0.5) is 4.79 Å². The Balaban J connectivity index is 3.13. The van der Waals surface area contributed by atoms with Crippen molar-refractivity contribution in [3.63, 3.8) is 0 Å². The van der Waals surface area contributed by atoms with Crippen molar-refractivity contribution in [2.24, 2.45) is 0 Å². The summed E-state index contributed by atoms with van der Waals surface area (Å²) in [6, 6.07) is 3.89. The lowest BCUT2D eigenvalue weighted by atomic mass is 10.1. The Labute approximate surface area is 107 Å². The molecule has 0 aliphatic rings. The summed E-state index contributed by atoms with van der Waals surface area (Å²) >= 11 is 1.75. The van der Waals surface area contributed by atoms with E-state index in [1.165, 1.54) is 16.0 Å². The Morgan fingerprint density at radius 1 is 1.29 bits per heavy atom. The van der Waals surface area contributed by atoms with Crippen LogP contribution in [0.1, 0.15) is 25.0 Å². The number of hydrogen-bond donors (Lipinski definition) is 1. The highest BCUT2D eigenvalue weighted by molar-refractivity contribution is 7.98. The second kappa shape index (κ2) is 6.55. The fraction of sp³-hybridized carbons (Fsp3) is 0.462. The minimum Gasteiger partial charge on any atom is -0.410 e. The van der Waals surface area contributed by atoms with Gasteiger partial charge in [-0.25, -0.2) is 4.79 Å². The molecule has 94 valence electrons. The zero-order valence-electron chi connectivity index (χ0n) is 10.8. The summed E-state index contributed by atoms with van der Waals surface area (Å²) in [6.07, 6.45) is 3.53. The van der Waals surface area contributed by atoms with Gasteiger partial charge in [0.25, 0.3) is 0 Å². The van der Waals surface area contributed by atoms with Gasteiger partial charge in [-0.15, -0.1) is 11.8 Å². The molecule has 0 aliphatic heterocycles. The fourth-order valence-electron chi connectivity index (χ4n) is 1.73. The Morgan fingerprint density at radius 2 is 1.82 bits per heavy atom. The van der Waals surface area contributed by atoms with E-state index in [1.54, 1.807) is 18.8 Å². The standard InChI is InChI=1S/C13H19NO2S/c1-5-9-7-11(16-13(15)14-3)8-10(6-2)12(9)17-4/h7-8H,5-6H2,1-4H3,(H,14,15). The van der Waals surface area contributed by atoms with E-state index in [1.807, 2.05) is 12.1 Å². The Bertz CT molecular complexity index is 379. The lowest BCUT2D eigenvalue weighted by molar-refractivity contribution is 0.203. The van der Waals surface area contributed by atoms with Crippen LogP contribution in [0.25, 0.3) is 0 Å². The summed E-state index contributed by atoms with van der Waals surface area (Å²) in [4.78, 5) is 12.5. The molecule has 0 unspecified atom stereocenters. The highest BCUT2D eigenvalue weighted by atomic mass is 32.2.